The zero-order valence-corrected chi connectivity index (χ0v) is 21.9. The Morgan fingerprint density at radius 2 is 0.880 bits per heavy atom. The number of hydrogen-bond donors (Lipinski definition) is 0. The van der Waals surface area contributed by atoms with Gasteiger partial charge in [-0.1, -0.05) is 39.5 Å². The van der Waals surface area contributed by atoms with Crippen molar-refractivity contribution in [3.8, 4) is 0 Å². The summed E-state index contributed by atoms with van der Waals surface area (Å²) in [4.78, 5) is 0. The molecule has 0 bridgehead atoms. The Labute approximate surface area is 185 Å². The molecule has 0 saturated carbocycles. The van der Waals surface area contributed by atoms with Crippen molar-refractivity contribution in [2.75, 3.05) is 65.9 Å². The zero-order valence-electron chi connectivity index (χ0n) is 18.0. The molecule has 0 spiro atoms. The molecule has 156 valence electrons. The van der Waals surface area contributed by atoms with Gasteiger partial charge in [-0.25, -0.2) is 0 Å². The number of nitrogens with zero attached hydrogens (tertiary/aromatic N) is 2. The Morgan fingerprint density at radius 1 is 0.520 bits per heavy atom. The van der Waals surface area contributed by atoms with Gasteiger partial charge in [-0.3, -0.25) is 0 Å². The Hall–Kier alpha value is 1.23. The second-order valence-corrected chi connectivity index (χ2v) is 9.72. The minimum absolute atomic E-state index is 0. The Kier molecular flexibility index (Phi) is 23.0. The molecule has 5 heteroatoms. The number of hydrogen-bond acceptors (Lipinski definition) is 1. The summed E-state index contributed by atoms with van der Waals surface area (Å²) in [5, 5.41) is 0. The van der Waals surface area contributed by atoms with Gasteiger partial charge in [0.25, 0.3) is 0 Å². The van der Waals surface area contributed by atoms with Gasteiger partial charge < -0.3 is 42.9 Å². The van der Waals surface area contributed by atoms with Gasteiger partial charge in [0.1, 0.15) is 0 Å². The number of halogens is 2. The standard InChI is InChI=1S/C20H46N2S.2BrH/c1-7-9-11-13-15-21(3,4)17-19-23-20-18-22(5,6)16-14-12-10-8-2;;/h7-20H2,1-6H3;2*1H/q+2;;/p-2. The van der Waals surface area contributed by atoms with E-state index in [0.29, 0.717) is 0 Å². The van der Waals surface area contributed by atoms with E-state index in [-0.39, 0.29) is 34.0 Å². The van der Waals surface area contributed by atoms with Gasteiger partial charge in [-0.15, -0.1) is 0 Å². The van der Waals surface area contributed by atoms with E-state index in [1.165, 1.54) is 98.0 Å². The first kappa shape index (κ1) is 30.9. The lowest BCUT2D eigenvalue weighted by atomic mass is 10.2. The summed E-state index contributed by atoms with van der Waals surface area (Å²) in [6.07, 6.45) is 11.1. The molecule has 0 unspecified atom stereocenters. The van der Waals surface area contributed by atoms with Crippen LogP contribution in [0.5, 0.6) is 0 Å². The average molecular weight is 506 g/mol. The molecule has 0 aromatic carbocycles. The fraction of sp³-hybridized carbons (Fsp3) is 1.00. The lowest BCUT2D eigenvalue weighted by Crippen LogP contribution is -3.00. The SMILES string of the molecule is CCCCCC[N+](C)(C)CCSCC[N+](C)(C)CCCCCC.[Br-].[Br-]. The van der Waals surface area contributed by atoms with E-state index in [9.17, 15) is 0 Å². The summed E-state index contributed by atoms with van der Waals surface area (Å²) >= 11 is 2.16. The van der Waals surface area contributed by atoms with Crippen molar-refractivity contribution in [3.63, 3.8) is 0 Å². The molecule has 25 heavy (non-hydrogen) atoms. The molecule has 0 radical (unpaired) electrons. The van der Waals surface area contributed by atoms with E-state index < -0.39 is 0 Å². The largest absolute Gasteiger partial charge is 1.00 e. The van der Waals surface area contributed by atoms with Crippen molar-refractivity contribution in [3.05, 3.63) is 0 Å². The molecule has 0 atom stereocenters. The molecule has 0 fully saturated rings. The molecule has 0 heterocycles. The van der Waals surface area contributed by atoms with Crippen LogP contribution in [0, 0.1) is 0 Å². The fourth-order valence-electron chi connectivity index (χ4n) is 2.88. The van der Waals surface area contributed by atoms with Crippen molar-refractivity contribution >= 4 is 11.8 Å². The summed E-state index contributed by atoms with van der Waals surface area (Å²) in [5.41, 5.74) is 0. The first-order chi connectivity index (χ1) is 10.8. The van der Waals surface area contributed by atoms with E-state index in [0.717, 1.165) is 0 Å². The minimum atomic E-state index is 0. The topological polar surface area (TPSA) is 0 Å². The minimum Gasteiger partial charge on any atom is -1.00 e. The van der Waals surface area contributed by atoms with Gasteiger partial charge in [-0.2, -0.15) is 11.8 Å². The molecule has 0 aromatic heterocycles. The van der Waals surface area contributed by atoms with Crippen molar-refractivity contribution in [1.29, 1.82) is 0 Å². The lowest BCUT2D eigenvalue weighted by Gasteiger charge is -2.31. The lowest BCUT2D eigenvalue weighted by molar-refractivity contribution is -0.888. The quantitative estimate of drug-likeness (QED) is 0.192. The number of quaternary nitrogens is 2. The maximum Gasteiger partial charge on any atom is 0.0874 e. The third-order valence-electron chi connectivity index (χ3n) is 4.92. The second kappa shape index (κ2) is 18.6. The highest BCUT2D eigenvalue weighted by molar-refractivity contribution is 7.99. The highest BCUT2D eigenvalue weighted by Gasteiger charge is 2.16. The van der Waals surface area contributed by atoms with Gasteiger partial charge in [0, 0.05) is 11.5 Å². The van der Waals surface area contributed by atoms with Gasteiger partial charge in [0.2, 0.25) is 0 Å². The van der Waals surface area contributed by atoms with Crippen LogP contribution in [0.3, 0.4) is 0 Å². The number of unbranched alkanes of at least 4 members (excludes halogenated alkanes) is 6. The third kappa shape index (κ3) is 21.4. The molecule has 0 aromatic rings. The molecule has 0 aliphatic carbocycles. The maximum atomic E-state index is 2.40. The smallest absolute Gasteiger partial charge is 0.0874 e. The Bertz CT molecular complexity index is 248. The van der Waals surface area contributed by atoms with Crippen LogP contribution in [0.4, 0.5) is 0 Å². The van der Waals surface area contributed by atoms with Crippen LogP contribution in [0.25, 0.3) is 0 Å². The molecular formula is C20H46Br2N2S. The van der Waals surface area contributed by atoms with Crippen molar-refractivity contribution in [1.82, 2.24) is 0 Å². The molecular weight excluding hydrogens is 460 g/mol. The predicted octanol–water partition coefficient (Wildman–Crippen LogP) is -0.959. The summed E-state index contributed by atoms with van der Waals surface area (Å²) in [7, 11) is 9.61. The third-order valence-corrected chi connectivity index (χ3v) is 5.86. The van der Waals surface area contributed by atoms with Crippen LogP contribution < -0.4 is 34.0 Å². The van der Waals surface area contributed by atoms with Crippen molar-refractivity contribution in [2.24, 2.45) is 0 Å². The van der Waals surface area contributed by atoms with Crippen LogP contribution in [0.2, 0.25) is 0 Å². The molecule has 0 N–H and O–H groups in total. The van der Waals surface area contributed by atoms with Crippen molar-refractivity contribution < 1.29 is 42.9 Å². The van der Waals surface area contributed by atoms with Gasteiger partial charge in [-0.05, 0) is 25.7 Å². The van der Waals surface area contributed by atoms with Crippen molar-refractivity contribution in [2.45, 2.75) is 65.2 Å². The zero-order chi connectivity index (χ0) is 17.6. The molecule has 0 saturated heterocycles. The summed E-state index contributed by atoms with van der Waals surface area (Å²) < 4.78 is 2.40. The summed E-state index contributed by atoms with van der Waals surface area (Å²) in [6.45, 7) is 9.92. The molecule has 0 rings (SSSR count). The summed E-state index contributed by atoms with van der Waals surface area (Å²) in [6, 6.07) is 0. The Balaban J connectivity index is -0.00000242. The second-order valence-electron chi connectivity index (χ2n) is 8.50. The normalized spacial score (nSPS) is 11.8. The number of rotatable bonds is 16. The van der Waals surface area contributed by atoms with E-state index >= 15 is 0 Å². The summed E-state index contributed by atoms with van der Waals surface area (Å²) in [5.74, 6) is 2.63. The van der Waals surface area contributed by atoms with E-state index in [1.54, 1.807) is 0 Å². The molecule has 0 aliphatic rings. The first-order valence-electron chi connectivity index (χ1n) is 10.0. The predicted molar refractivity (Wildman–Crippen MR) is 109 cm³/mol. The Morgan fingerprint density at radius 3 is 1.20 bits per heavy atom. The van der Waals surface area contributed by atoms with Gasteiger partial charge in [0.15, 0.2) is 0 Å². The van der Waals surface area contributed by atoms with Crippen LogP contribution in [0.15, 0.2) is 0 Å². The van der Waals surface area contributed by atoms with E-state index in [2.05, 4.69) is 53.8 Å². The van der Waals surface area contributed by atoms with Crippen LogP contribution in [0.1, 0.15) is 65.2 Å². The monoisotopic (exact) mass is 504 g/mol. The number of thioether (sulfide) groups is 1. The first-order valence-corrected chi connectivity index (χ1v) is 11.2. The highest BCUT2D eigenvalue weighted by atomic mass is 79.9. The molecule has 0 aliphatic heterocycles. The van der Waals surface area contributed by atoms with Crippen LogP contribution in [-0.4, -0.2) is 74.8 Å². The average Bonchev–Trinajstić information content (AvgIpc) is 2.48. The fourth-order valence-corrected chi connectivity index (χ4v) is 4.33. The van der Waals surface area contributed by atoms with Crippen LogP contribution in [-0.2, 0) is 0 Å². The van der Waals surface area contributed by atoms with Gasteiger partial charge in [0.05, 0.1) is 54.4 Å². The van der Waals surface area contributed by atoms with E-state index in [1.807, 2.05) is 0 Å². The van der Waals surface area contributed by atoms with E-state index in [4.69, 9.17) is 0 Å². The highest BCUT2D eigenvalue weighted by Crippen LogP contribution is 2.11. The van der Waals surface area contributed by atoms with Gasteiger partial charge >= 0.3 is 0 Å². The maximum absolute atomic E-state index is 2.40. The molecule has 2 nitrogen and oxygen atoms in total. The molecule has 0 amide bonds. The van der Waals surface area contributed by atoms with Crippen LogP contribution >= 0.6 is 11.8 Å².